The van der Waals surface area contributed by atoms with Crippen LogP contribution >= 0.6 is 15.9 Å². The lowest BCUT2D eigenvalue weighted by molar-refractivity contribution is -0.385. The summed E-state index contributed by atoms with van der Waals surface area (Å²) in [6.07, 6.45) is 1.34. The second-order valence-electron chi connectivity index (χ2n) is 4.96. The van der Waals surface area contributed by atoms with Gasteiger partial charge in [0.1, 0.15) is 5.69 Å². The SMILES string of the molecule is CCc1cc(Br)ccc1[N+](=O)[O-].CCc1cc([NH3+])ccc1[N+](=O)[O-].[Br-]. The summed E-state index contributed by atoms with van der Waals surface area (Å²) in [4.78, 5) is 20.2. The fourth-order valence-corrected chi connectivity index (χ4v) is 2.52. The van der Waals surface area contributed by atoms with Gasteiger partial charge in [-0.15, -0.1) is 0 Å². The lowest BCUT2D eigenvalue weighted by atomic mass is 10.1. The summed E-state index contributed by atoms with van der Waals surface area (Å²) in [6.45, 7) is 3.79. The van der Waals surface area contributed by atoms with Crippen LogP contribution in [0.1, 0.15) is 25.0 Å². The number of nitro benzene ring substituents is 2. The number of rotatable bonds is 4. The highest BCUT2D eigenvalue weighted by Gasteiger charge is 2.12. The van der Waals surface area contributed by atoms with E-state index in [4.69, 9.17) is 0 Å². The highest BCUT2D eigenvalue weighted by atomic mass is 79.9. The molecule has 136 valence electrons. The first-order valence-electron chi connectivity index (χ1n) is 7.32. The maximum absolute atomic E-state index is 10.5. The average molecular weight is 477 g/mol. The summed E-state index contributed by atoms with van der Waals surface area (Å²) in [5.41, 5.74) is 6.41. The molecule has 2 rings (SSSR count). The van der Waals surface area contributed by atoms with Crippen molar-refractivity contribution in [2.75, 3.05) is 0 Å². The first-order chi connectivity index (χ1) is 11.3. The summed E-state index contributed by atoms with van der Waals surface area (Å²) < 4.78 is 0.880. The number of nitrogens with zero attached hydrogens (tertiary/aromatic N) is 2. The molecule has 3 N–H and O–H groups in total. The van der Waals surface area contributed by atoms with E-state index < -0.39 is 0 Å². The first kappa shape index (κ1) is 23.2. The fourth-order valence-electron chi connectivity index (χ4n) is 2.12. The summed E-state index contributed by atoms with van der Waals surface area (Å²) in [7, 11) is 0. The van der Waals surface area contributed by atoms with E-state index in [1.807, 2.05) is 13.8 Å². The molecule has 0 unspecified atom stereocenters. The molecule has 0 saturated carbocycles. The molecule has 0 atom stereocenters. The van der Waals surface area contributed by atoms with Crippen LogP contribution in [0.15, 0.2) is 40.9 Å². The lowest BCUT2D eigenvalue weighted by Gasteiger charge is -1.99. The Bertz CT molecular complexity index is 691. The van der Waals surface area contributed by atoms with Gasteiger partial charge in [-0.2, -0.15) is 0 Å². The van der Waals surface area contributed by atoms with Crippen LogP contribution in [-0.2, 0) is 12.8 Å². The highest BCUT2D eigenvalue weighted by molar-refractivity contribution is 9.10. The quantitative estimate of drug-likeness (QED) is 0.522. The van der Waals surface area contributed by atoms with E-state index in [0.29, 0.717) is 12.8 Å². The van der Waals surface area contributed by atoms with Gasteiger partial charge in [-0.25, -0.2) is 0 Å². The molecule has 0 radical (unpaired) electrons. The van der Waals surface area contributed by atoms with Crippen molar-refractivity contribution in [2.45, 2.75) is 26.7 Å². The molecule has 0 aliphatic carbocycles. The minimum atomic E-state index is -0.363. The Hall–Kier alpha value is -1.84. The van der Waals surface area contributed by atoms with E-state index in [2.05, 4.69) is 21.7 Å². The van der Waals surface area contributed by atoms with Crippen molar-refractivity contribution < 1.29 is 32.6 Å². The summed E-state index contributed by atoms with van der Waals surface area (Å²) in [6, 6.07) is 9.87. The minimum Gasteiger partial charge on any atom is -1.00 e. The van der Waals surface area contributed by atoms with Crippen molar-refractivity contribution in [3.05, 3.63) is 72.2 Å². The smallest absolute Gasteiger partial charge is 0.273 e. The Labute approximate surface area is 164 Å². The predicted octanol–water partition coefficient (Wildman–Crippen LogP) is 0.954. The van der Waals surface area contributed by atoms with Crippen LogP contribution < -0.4 is 22.7 Å². The number of hydrogen-bond donors (Lipinski definition) is 1. The van der Waals surface area contributed by atoms with Gasteiger partial charge in [-0.3, -0.25) is 20.2 Å². The predicted molar refractivity (Wildman–Crippen MR) is 95.2 cm³/mol. The zero-order valence-corrected chi connectivity index (χ0v) is 17.0. The molecule has 2 aromatic rings. The van der Waals surface area contributed by atoms with Crippen molar-refractivity contribution >= 4 is 33.0 Å². The van der Waals surface area contributed by atoms with Crippen LogP contribution in [0.5, 0.6) is 0 Å². The summed E-state index contributed by atoms with van der Waals surface area (Å²) in [5.74, 6) is 0. The van der Waals surface area contributed by atoms with Crippen molar-refractivity contribution in [3.63, 3.8) is 0 Å². The van der Waals surface area contributed by atoms with Gasteiger partial charge < -0.3 is 22.7 Å². The van der Waals surface area contributed by atoms with E-state index in [0.717, 1.165) is 21.3 Å². The number of quaternary nitrogens is 1. The summed E-state index contributed by atoms with van der Waals surface area (Å²) >= 11 is 3.26. The fraction of sp³-hybridized carbons (Fsp3) is 0.250. The van der Waals surface area contributed by atoms with Crippen LogP contribution in [0.4, 0.5) is 17.1 Å². The molecule has 0 aliphatic rings. The number of aryl methyl sites for hydroxylation is 2. The molecule has 0 spiro atoms. The Morgan fingerprint density at radius 2 is 1.36 bits per heavy atom. The van der Waals surface area contributed by atoms with E-state index in [9.17, 15) is 20.2 Å². The van der Waals surface area contributed by atoms with Crippen LogP contribution in [0.2, 0.25) is 0 Å². The molecule has 0 aliphatic heterocycles. The molecule has 2 aromatic carbocycles. The Morgan fingerprint density at radius 3 is 1.80 bits per heavy atom. The van der Waals surface area contributed by atoms with Gasteiger partial charge in [0.05, 0.1) is 9.85 Å². The van der Waals surface area contributed by atoms with Gasteiger partial charge in [0.2, 0.25) is 0 Å². The molecule has 25 heavy (non-hydrogen) atoms. The molecule has 7 nitrogen and oxygen atoms in total. The normalized spacial score (nSPS) is 9.44. The average Bonchev–Trinajstić information content (AvgIpc) is 2.54. The van der Waals surface area contributed by atoms with Gasteiger partial charge in [-0.05, 0) is 25.0 Å². The van der Waals surface area contributed by atoms with Crippen LogP contribution in [0.3, 0.4) is 0 Å². The number of benzene rings is 2. The van der Waals surface area contributed by atoms with Gasteiger partial charge in [0.25, 0.3) is 11.4 Å². The molecule has 0 amide bonds. The summed E-state index contributed by atoms with van der Waals surface area (Å²) in [5, 5.41) is 21.0. The molecule has 9 heteroatoms. The van der Waals surface area contributed by atoms with Crippen LogP contribution in [0, 0.1) is 20.2 Å². The Balaban J connectivity index is 0.000000443. The molecule has 0 aromatic heterocycles. The Kier molecular flexibility index (Phi) is 10.1. The van der Waals surface area contributed by atoms with Crippen molar-refractivity contribution in [3.8, 4) is 0 Å². The highest BCUT2D eigenvalue weighted by Crippen LogP contribution is 2.23. The zero-order valence-electron chi connectivity index (χ0n) is 13.9. The third kappa shape index (κ3) is 6.89. The van der Waals surface area contributed by atoms with Gasteiger partial charge in [-0.1, -0.05) is 29.8 Å². The topological polar surface area (TPSA) is 114 Å². The number of nitro groups is 2. The van der Waals surface area contributed by atoms with E-state index in [-0.39, 0.29) is 38.2 Å². The lowest BCUT2D eigenvalue weighted by Crippen LogP contribution is -3.00. The van der Waals surface area contributed by atoms with Gasteiger partial charge in [0, 0.05) is 39.9 Å². The second-order valence-corrected chi connectivity index (χ2v) is 5.87. The van der Waals surface area contributed by atoms with Crippen LogP contribution in [0.25, 0.3) is 0 Å². The van der Waals surface area contributed by atoms with Gasteiger partial charge in [0.15, 0.2) is 0 Å². The molecular weight excluding hydrogens is 458 g/mol. The monoisotopic (exact) mass is 475 g/mol. The molecule has 0 saturated heterocycles. The maximum Gasteiger partial charge on any atom is 0.273 e. The molecule has 0 bridgehead atoms. The van der Waals surface area contributed by atoms with Crippen LogP contribution in [-0.4, -0.2) is 9.85 Å². The largest absolute Gasteiger partial charge is 1.00 e. The molecule has 0 heterocycles. The van der Waals surface area contributed by atoms with Crippen molar-refractivity contribution in [1.29, 1.82) is 0 Å². The Morgan fingerprint density at radius 1 is 0.920 bits per heavy atom. The minimum absolute atomic E-state index is 0. The van der Waals surface area contributed by atoms with Crippen molar-refractivity contribution in [2.24, 2.45) is 0 Å². The standard InChI is InChI=1S/C8H8BrNO2.C8H10N2O2.BrH/c2*1-2-6-5-7(9)3-4-8(6)10(11)12;/h3-5H,2H2,1H3;3-5H,2,9H2,1H3;1H. The third-order valence-electron chi connectivity index (χ3n) is 3.34. The van der Waals surface area contributed by atoms with E-state index in [1.165, 1.54) is 12.1 Å². The van der Waals surface area contributed by atoms with E-state index >= 15 is 0 Å². The number of halogens is 2. The third-order valence-corrected chi connectivity index (χ3v) is 3.83. The maximum atomic E-state index is 10.5. The van der Waals surface area contributed by atoms with E-state index in [1.54, 1.807) is 24.3 Å². The molecule has 0 fully saturated rings. The molecular formula is C16H19Br2N3O4. The second kappa shape index (κ2) is 10.9. The van der Waals surface area contributed by atoms with Gasteiger partial charge >= 0.3 is 0 Å². The first-order valence-corrected chi connectivity index (χ1v) is 8.11. The number of hydrogen-bond acceptors (Lipinski definition) is 4. The van der Waals surface area contributed by atoms with Crippen molar-refractivity contribution in [1.82, 2.24) is 0 Å². The zero-order chi connectivity index (χ0) is 18.3.